The lowest BCUT2D eigenvalue weighted by Gasteiger charge is -2.22. The molecule has 1 N–H and O–H groups in total. The Labute approximate surface area is 211 Å². The van der Waals surface area contributed by atoms with Crippen molar-refractivity contribution >= 4 is 15.9 Å². The summed E-state index contributed by atoms with van der Waals surface area (Å²) in [4.78, 5) is 19.1. The molecule has 10 heteroatoms. The predicted octanol–water partition coefficient (Wildman–Crippen LogP) is 3.82. The van der Waals surface area contributed by atoms with Crippen molar-refractivity contribution in [1.82, 2.24) is 24.4 Å². The van der Waals surface area contributed by atoms with E-state index in [2.05, 4.69) is 14.8 Å². The molecule has 0 radical (unpaired) electrons. The summed E-state index contributed by atoms with van der Waals surface area (Å²) in [5.74, 6) is -0.986. The van der Waals surface area contributed by atoms with Crippen LogP contribution in [-0.2, 0) is 34.1 Å². The molecule has 1 amide bonds. The fourth-order valence-electron chi connectivity index (χ4n) is 4.70. The molecule has 1 aliphatic carbocycles. The molecule has 0 saturated carbocycles. The van der Waals surface area contributed by atoms with Crippen molar-refractivity contribution in [3.05, 3.63) is 64.9 Å². The van der Waals surface area contributed by atoms with Crippen LogP contribution >= 0.6 is 0 Å². The van der Waals surface area contributed by atoms with E-state index in [1.165, 1.54) is 12.1 Å². The number of hydrogen-bond acceptors (Lipinski definition) is 6. The second kappa shape index (κ2) is 10.1. The van der Waals surface area contributed by atoms with Crippen LogP contribution in [0.15, 0.2) is 41.7 Å². The third kappa shape index (κ3) is 5.05. The third-order valence-electron chi connectivity index (χ3n) is 6.75. The lowest BCUT2D eigenvalue weighted by molar-refractivity contribution is -0.118. The number of hydrogen-bond donors (Lipinski definition) is 1. The number of nitrogens with one attached hydrogen (secondary N) is 1. The van der Waals surface area contributed by atoms with Gasteiger partial charge in [-0.1, -0.05) is 0 Å². The highest BCUT2D eigenvalue weighted by Gasteiger charge is 2.28. The molecule has 1 atom stereocenters. The lowest BCUT2D eigenvalue weighted by Crippen LogP contribution is -2.32. The molecule has 1 unspecified atom stereocenters. The molecule has 0 saturated heterocycles. The summed E-state index contributed by atoms with van der Waals surface area (Å²) >= 11 is 0. The SMILES string of the molecule is CC(c1cc(S(=O)(=O)NC(=O)Cc2c(-c3ccncc3)cc(F)c3c2CCC3)nn1C(C)C)N(C)C. The third-order valence-corrected chi connectivity index (χ3v) is 8.00. The molecule has 0 aliphatic heterocycles. The highest BCUT2D eigenvalue weighted by Crippen LogP contribution is 2.36. The molecule has 0 spiro atoms. The van der Waals surface area contributed by atoms with Gasteiger partial charge in [-0.25, -0.2) is 9.11 Å². The van der Waals surface area contributed by atoms with Crippen LogP contribution in [0.4, 0.5) is 4.39 Å². The fourth-order valence-corrected chi connectivity index (χ4v) is 5.65. The number of carbonyl (C=O) groups is 1. The van der Waals surface area contributed by atoms with Gasteiger partial charge in [-0.15, -0.1) is 0 Å². The van der Waals surface area contributed by atoms with Gasteiger partial charge in [0.2, 0.25) is 5.91 Å². The molecule has 1 aromatic carbocycles. The second-order valence-electron chi connectivity index (χ2n) is 9.72. The summed E-state index contributed by atoms with van der Waals surface area (Å²) < 4.78 is 45.0. The monoisotopic (exact) mass is 513 g/mol. The first-order valence-corrected chi connectivity index (χ1v) is 13.5. The quantitative estimate of drug-likeness (QED) is 0.492. The number of aromatic nitrogens is 3. The average molecular weight is 514 g/mol. The Hall–Kier alpha value is -3.11. The Balaban J connectivity index is 1.66. The van der Waals surface area contributed by atoms with Crippen LogP contribution in [0.25, 0.3) is 11.1 Å². The first-order chi connectivity index (χ1) is 17.0. The molecule has 192 valence electrons. The number of sulfonamides is 1. The number of carbonyl (C=O) groups excluding carboxylic acids is 1. The van der Waals surface area contributed by atoms with Crippen LogP contribution in [0.2, 0.25) is 0 Å². The van der Waals surface area contributed by atoms with Gasteiger partial charge < -0.3 is 4.90 Å². The van der Waals surface area contributed by atoms with Crippen LogP contribution in [0.5, 0.6) is 0 Å². The van der Waals surface area contributed by atoms with Gasteiger partial charge in [0, 0.05) is 30.5 Å². The van der Waals surface area contributed by atoms with E-state index in [4.69, 9.17) is 0 Å². The van der Waals surface area contributed by atoms with Gasteiger partial charge in [0.25, 0.3) is 10.0 Å². The van der Waals surface area contributed by atoms with E-state index in [0.717, 1.165) is 23.2 Å². The van der Waals surface area contributed by atoms with E-state index >= 15 is 0 Å². The van der Waals surface area contributed by atoms with Crippen LogP contribution in [0.1, 0.15) is 61.7 Å². The van der Waals surface area contributed by atoms with Crippen molar-refractivity contribution in [3.63, 3.8) is 0 Å². The van der Waals surface area contributed by atoms with Crippen LogP contribution in [0, 0.1) is 5.82 Å². The summed E-state index contributed by atoms with van der Waals surface area (Å²) in [6.45, 7) is 5.80. The van der Waals surface area contributed by atoms with Crippen molar-refractivity contribution in [2.75, 3.05) is 14.1 Å². The van der Waals surface area contributed by atoms with E-state index in [1.807, 2.05) is 39.8 Å². The Bertz CT molecular complexity index is 1380. The summed E-state index contributed by atoms with van der Waals surface area (Å²) in [7, 11) is -0.403. The maximum absolute atomic E-state index is 14.8. The van der Waals surface area contributed by atoms with Gasteiger partial charge >= 0.3 is 0 Å². The molecule has 2 aromatic heterocycles. The van der Waals surface area contributed by atoms with Gasteiger partial charge in [-0.3, -0.25) is 14.5 Å². The molecule has 4 rings (SSSR count). The molecule has 8 nitrogen and oxygen atoms in total. The minimum atomic E-state index is -4.21. The van der Waals surface area contributed by atoms with E-state index in [0.29, 0.717) is 29.5 Å². The Kier molecular flexibility index (Phi) is 7.28. The second-order valence-corrected chi connectivity index (χ2v) is 11.4. The van der Waals surface area contributed by atoms with Gasteiger partial charge in [0.1, 0.15) is 5.82 Å². The number of rotatable bonds is 8. The zero-order valence-electron chi connectivity index (χ0n) is 21.2. The highest BCUT2D eigenvalue weighted by atomic mass is 32.2. The number of benzene rings is 1. The average Bonchev–Trinajstić information content (AvgIpc) is 3.49. The molecule has 0 bridgehead atoms. The number of pyridine rings is 1. The minimum absolute atomic E-state index is 0.0632. The van der Waals surface area contributed by atoms with E-state index in [-0.39, 0.29) is 29.3 Å². The Morgan fingerprint density at radius 2 is 1.81 bits per heavy atom. The molecule has 0 fully saturated rings. The van der Waals surface area contributed by atoms with Crippen molar-refractivity contribution in [3.8, 4) is 11.1 Å². The fraction of sp³-hybridized carbons (Fsp3) is 0.423. The van der Waals surface area contributed by atoms with E-state index in [9.17, 15) is 17.6 Å². The van der Waals surface area contributed by atoms with Crippen molar-refractivity contribution in [2.45, 2.75) is 63.6 Å². The number of fused-ring (bicyclic) bond motifs is 1. The molecule has 1 aliphatic rings. The van der Waals surface area contributed by atoms with Gasteiger partial charge in [0.15, 0.2) is 5.03 Å². The van der Waals surface area contributed by atoms with E-state index < -0.39 is 15.9 Å². The van der Waals surface area contributed by atoms with Gasteiger partial charge in [-0.2, -0.15) is 13.5 Å². The molecule has 3 aromatic rings. The minimum Gasteiger partial charge on any atom is -0.301 e. The Morgan fingerprint density at radius 3 is 2.44 bits per heavy atom. The van der Waals surface area contributed by atoms with Crippen LogP contribution in [0.3, 0.4) is 0 Å². The van der Waals surface area contributed by atoms with Gasteiger partial charge in [-0.05, 0) is 100 Å². The summed E-state index contributed by atoms with van der Waals surface area (Å²) in [6.07, 6.45) is 5.05. The molecular formula is C26H32FN5O3S. The largest absolute Gasteiger partial charge is 0.301 e. The van der Waals surface area contributed by atoms with Crippen molar-refractivity contribution in [1.29, 1.82) is 0 Å². The lowest BCUT2D eigenvalue weighted by atomic mass is 9.91. The van der Waals surface area contributed by atoms with Crippen LogP contribution in [-0.4, -0.2) is 48.1 Å². The standard InChI is InChI=1S/C26H32FN5O3S/c1-16(2)32-24(17(3)31(4)5)15-26(29-32)36(34,35)30-25(33)14-22-19-7-6-8-20(19)23(27)13-21(22)18-9-11-28-12-10-18/h9-13,15-17H,6-8,14H2,1-5H3,(H,30,33). The molecular weight excluding hydrogens is 481 g/mol. The normalized spacial score (nSPS) is 14.3. The van der Waals surface area contributed by atoms with Gasteiger partial charge in [0.05, 0.1) is 12.1 Å². The topological polar surface area (TPSA) is 97.2 Å². The van der Waals surface area contributed by atoms with Crippen LogP contribution < -0.4 is 4.72 Å². The zero-order valence-corrected chi connectivity index (χ0v) is 22.1. The smallest absolute Gasteiger partial charge is 0.283 e. The molecule has 2 heterocycles. The van der Waals surface area contributed by atoms with Crippen molar-refractivity contribution in [2.24, 2.45) is 0 Å². The first-order valence-electron chi connectivity index (χ1n) is 12.0. The predicted molar refractivity (Wildman–Crippen MR) is 135 cm³/mol. The summed E-state index contributed by atoms with van der Waals surface area (Å²) in [5.41, 5.74) is 4.09. The summed E-state index contributed by atoms with van der Waals surface area (Å²) in [5, 5.41) is 4.11. The van der Waals surface area contributed by atoms with E-state index in [1.54, 1.807) is 29.2 Å². The Morgan fingerprint density at radius 1 is 1.14 bits per heavy atom. The maximum atomic E-state index is 14.8. The number of nitrogens with zero attached hydrogens (tertiary/aromatic N) is 4. The summed E-state index contributed by atoms with van der Waals surface area (Å²) in [6, 6.07) is 6.31. The number of halogens is 1. The maximum Gasteiger partial charge on any atom is 0.283 e. The highest BCUT2D eigenvalue weighted by molar-refractivity contribution is 7.90. The first kappa shape index (κ1) is 26.0. The van der Waals surface area contributed by atoms with Crippen molar-refractivity contribution < 1.29 is 17.6 Å². The zero-order chi connectivity index (χ0) is 26.2. The molecule has 36 heavy (non-hydrogen) atoms. The number of amides is 1.